The molecule has 0 aliphatic rings. The molecule has 9 heteroatoms. The Balaban J connectivity index is 2.38. The van der Waals surface area contributed by atoms with Crippen molar-refractivity contribution in [1.29, 1.82) is 5.41 Å². The minimum atomic E-state index is -4.54. The maximum atomic E-state index is 12.8. The van der Waals surface area contributed by atoms with Crippen molar-refractivity contribution in [2.24, 2.45) is 0 Å². The van der Waals surface area contributed by atoms with Crippen LogP contribution in [0.25, 0.3) is 0 Å². The number of hydrogen-bond donors (Lipinski definition) is 4. The number of rotatable bonds is 4. The van der Waals surface area contributed by atoms with Gasteiger partial charge in [-0.15, -0.1) is 0 Å². The first-order chi connectivity index (χ1) is 10.8. The van der Waals surface area contributed by atoms with E-state index in [0.717, 1.165) is 11.8 Å². The highest BCUT2D eigenvalue weighted by molar-refractivity contribution is 5.87. The van der Waals surface area contributed by atoms with Crippen molar-refractivity contribution in [2.75, 3.05) is 23.4 Å². The van der Waals surface area contributed by atoms with Crippen molar-refractivity contribution in [3.05, 3.63) is 35.0 Å². The monoisotopic (exact) mass is 324 g/mol. The number of hydrogen-bond acceptors (Lipinski definition) is 6. The van der Waals surface area contributed by atoms with E-state index in [-0.39, 0.29) is 11.8 Å². The number of nitrogens with one attached hydrogen (secondary N) is 3. The van der Waals surface area contributed by atoms with Gasteiger partial charge in [0, 0.05) is 36.4 Å². The molecule has 1 heterocycles. The van der Waals surface area contributed by atoms with Gasteiger partial charge in [-0.05, 0) is 24.6 Å². The Bertz CT molecular complexity index is 742. The Hall–Kier alpha value is -2.84. The Labute approximate surface area is 130 Å². The summed E-state index contributed by atoms with van der Waals surface area (Å²) in [6.07, 6.45) is -2.70. The molecule has 0 saturated carbocycles. The fourth-order valence-electron chi connectivity index (χ4n) is 1.97. The molecule has 6 nitrogen and oxygen atoms in total. The molecule has 122 valence electrons. The fourth-order valence-corrected chi connectivity index (χ4v) is 1.97. The van der Waals surface area contributed by atoms with Crippen LogP contribution in [0.5, 0.6) is 0 Å². The largest absolute Gasteiger partial charge is 0.421 e. The first kappa shape index (κ1) is 16.5. The zero-order chi connectivity index (χ0) is 17.2. The van der Waals surface area contributed by atoms with Crippen LogP contribution in [0.3, 0.4) is 0 Å². The molecular weight excluding hydrogens is 309 g/mol. The van der Waals surface area contributed by atoms with Gasteiger partial charge in [-0.1, -0.05) is 0 Å². The van der Waals surface area contributed by atoms with Gasteiger partial charge in [0.1, 0.15) is 11.4 Å². The summed E-state index contributed by atoms with van der Waals surface area (Å²) in [7, 11) is 1.35. The summed E-state index contributed by atoms with van der Waals surface area (Å²) in [6.45, 7) is 1.78. The lowest BCUT2D eigenvalue weighted by molar-refractivity contribution is -0.137. The molecule has 0 saturated heterocycles. The van der Waals surface area contributed by atoms with Crippen molar-refractivity contribution in [3.63, 3.8) is 0 Å². The van der Waals surface area contributed by atoms with E-state index in [2.05, 4.69) is 20.6 Å². The first-order valence-corrected chi connectivity index (χ1v) is 6.56. The van der Waals surface area contributed by atoms with E-state index in [0.29, 0.717) is 23.1 Å². The third-order valence-corrected chi connectivity index (χ3v) is 3.16. The van der Waals surface area contributed by atoms with Crippen molar-refractivity contribution < 1.29 is 13.2 Å². The molecule has 2 rings (SSSR count). The van der Waals surface area contributed by atoms with E-state index < -0.39 is 11.7 Å². The van der Waals surface area contributed by atoms with E-state index in [9.17, 15) is 13.2 Å². The van der Waals surface area contributed by atoms with Crippen LogP contribution >= 0.6 is 0 Å². The van der Waals surface area contributed by atoms with E-state index in [1.807, 2.05) is 0 Å². The molecule has 0 aliphatic carbocycles. The predicted molar refractivity (Wildman–Crippen MR) is 83.3 cm³/mol. The molecule has 0 fully saturated rings. The maximum Gasteiger partial charge on any atom is 0.421 e. The molecule has 5 N–H and O–H groups in total. The molecule has 0 amide bonds. The van der Waals surface area contributed by atoms with Crippen LogP contribution in [0.4, 0.5) is 36.3 Å². The number of nitrogens with zero attached hydrogens (tertiary/aromatic N) is 2. The normalized spacial score (nSPS) is 11.2. The molecule has 2 aromatic rings. The predicted octanol–water partition coefficient (Wildman–Crippen LogP) is 3.17. The number of aryl methyl sites for hydroxylation is 1. The molecule has 0 bridgehead atoms. The van der Waals surface area contributed by atoms with Gasteiger partial charge in [-0.2, -0.15) is 18.2 Å². The van der Waals surface area contributed by atoms with E-state index in [1.54, 1.807) is 19.1 Å². The zero-order valence-corrected chi connectivity index (χ0v) is 12.4. The molecule has 1 aromatic carbocycles. The summed E-state index contributed by atoms with van der Waals surface area (Å²) in [5, 5.41) is 12.5. The third kappa shape index (κ3) is 3.50. The lowest BCUT2D eigenvalue weighted by Gasteiger charge is -2.14. The minimum absolute atomic E-state index is 0.00690. The molecule has 1 aromatic heterocycles. The molecule has 0 radical (unpaired) electrons. The second-order valence-electron chi connectivity index (χ2n) is 4.77. The minimum Gasteiger partial charge on any atom is -0.398 e. The highest BCUT2D eigenvalue weighted by Gasteiger charge is 2.35. The van der Waals surface area contributed by atoms with Crippen LogP contribution in [0.15, 0.2) is 18.3 Å². The molecule has 23 heavy (non-hydrogen) atoms. The number of alkyl halides is 3. The fraction of sp³-hybridized carbons (Fsp3) is 0.214. The summed E-state index contributed by atoms with van der Waals surface area (Å²) in [6, 6.07) is 3.27. The SMILES string of the molecule is CNc1nc(Nc2cc(N)c(C=N)cc2C)ncc1C(F)(F)F. The standard InChI is InChI=1S/C14H15F3N6/c1-7-3-8(5-18)10(19)4-11(7)22-13-21-6-9(14(15,16)17)12(20-2)23-13/h3-6,18H,19H2,1-2H3,(H2,20,21,22,23). The number of halogens is 3. The van der Waals surface area contributed by atoms with E-state index in [1.165, 1.54) is 7.05 Å². The topological polar surface area (TPSA) is 99.7 Å². The average Bonchev–Trinajstić information content (AvgIpc) is 2.49. The average molecular weight is 324 g/mol. The summed E-state index contributed by atoms with van der Waals surface area (Å²) in [5.74, 6) is -0.316. The van der Waals surface area contributed by atoms with Crippen LogP contribution in [-0.4, -0.2) is 23.2 Å². The summed E-state index contributed by atoms with van der Waals surface area (Å²) in [5.41, 5.74) is 7.08. The van der Waals surface area contributed by atoms with Gasteiger partial charge in [0.05, 0.1) is 0 Å². The van der Waals surface area contributed by atoms with Gasteiger partial charge in [-0.25, -0.2) is 4.98 Å². The second-order valence-corrected chi connectivity index (χ2v) is 4.77. The molecule has 0 unspecified atom stereocenters. The molecular formula is C14H15F3N6. The number of nitrogen functional groups attached to an aromatic ring is 1. The molecule has 0 atom stereocenters. The second kappa shape index (κ2) is 6.11. The maximum absolute atomic E-state index is 12.8. The quantitative estimate of drug-likeness (QED) is 0.511. The Morgan fingerprint density at radius 2 is 2.00 bits per heavy atom. The van der Waals surface area contributed by atoms with Crippen LogP contribution in [0.2, 0.25) is 0 Å². The smallest absolute Gasteiger partial charge is 0.398 e. The summed E-state index contributed by atoms with van der Waals surface area (Å²) < 4.78 is 38.4. The van der Waals surface area contributed by atoms with Crippen LogP contribution in [-0.2, 0) is 6.18 Å². The zero-order valence-electron chi connectivity index (χ0n) is 12.4. The van der Waals surface area contributed by atoms with Gasteiger partial charge < -0.3 is 21.8 Å². The third-order valence-electron chi connectivity index (χ3n) is 3.16. The van der Waals surface area contributed by atoms with Crippen LogP contribution in [0, 0.1) is 12.3 Å². The summed E-state index contributed by atoms with van der Waals surface area (Å²) in [4.78, 5) is 7.52. The van der Waals surface area contributed by atoms with Gasteiger partial charge in [-0.3, -0.25) is 0 Å². The molecule has 0 aliphatic heterocycles. The highest BCUT2D eigenvalue weighted by Crippen LogP contribution is 2.34. The van der Waals surface area contributed by atoms with E-state index >= 15 is 0 Å². The Morgan fingerprint density at radius 3 is 2.57 bits per heavy atom. The van der Waals surface area contributed by atoms with Gasteiger partial charge in [0.25, 0.3) is 0 Å². The Kier molecular flexibility index (Phi) is 4.39. The van der Waals surface area contributed by atoms with Crippen molar-refractivity contribution in [3.8, 4) is 0 Å². The number of anilines is 4. The number of nitrogens with two attached hydrogens (primary N) is 1. The Morgan fingerprint density at radius 1 is 1.30 bits per heavy atom. The van der Waals surface area contributed by atoms with E-state index in [4.69, 9.17) is 11.1 Å². The van der Waals surface area contributed by atoms with Gasteiger partial charge in [0.15, 0.2) is 0 Å². The molecule has 0 spiro atoms. The van der Waals surface area contributed by atoms with Crippen LogP contribution in [0.1, 0.15) is 16.7 Å². The van der Waals surface area contributed by atoms with Crippen molar-refractivity contribution >= 4 is 29.4 Å². The highest BCUT2D eigenvalue weighted by atomic mass is 19.4. The van der Waals surface area contributed by atoms with Gasteiger partial charge in [0.2, 0.25) is 5.95 Å². The summed E-state index contributed by atoms with van der Waals surface area (Å²) >= 11 is 0. The number of benzene rings is 1. The number of aromatic nitrogens is 2. The lowest BCUT2D eigenvalue weighted by atomic mass is 10.1. The lowest BCUT2D eigenvalue weighted by Crippen LogP contribution is -2.12. The van der Waals surface area contributed by atoms with Gasteiger partial charge >= 0.3 is 6.18 Å². The van der Waals surface area contributed by atoms with Crippen molar-refractivity contribution in [2.45, 2.75) is 13.1 Å². The van der Waals surface area contributed by atoms with Crippen LogP contribution < -0.4 is 16.4 Å². The first-order valence-electron chi connectivity index (χ1n) is 6.56. The van der Waals surface area contributed by atoms with Crippen molar-refractivity contribution in [1.82, 2.24) is 9.97 Å².